The van der Waals surface area contributed by atoms with Crippen molar-refractivity contribution < 1.29 is 25.0 Å². The highest BCUT2D eigenvalue weighted by Gasteiger charge is 2.55. The van der Waals surface area contributed by atoms with Gasteiger partial charge < -0.3 is 30.5 Å². The van der Waals surface area contributed by atoms with E-state index in [1.54, 1.807) is 12.3 Å². The summed E-state index contributed by atoms with van der Waals surface area (Å²) >= 11 is 0. The van der Waals surface area contributed by atoms with Gasteiger partial charge in [0.05, 0.1) is 0 Å². The lowest BCUT2D eigenvalue weighted by Crippen LogP contribution is -2.63. The molecule has 0 spiro atoms. The minimum absolute atomic E-state index is 0.0735. The van der Waals surface area contributed by atoms with Crippen molar-refractivity contribution in [3.63, 3.8) is 0 Å². The Morgan fingerprint density at radius 2 is 1.85 bits per heavy atom. The number of hydrogen-bond acceptors (Lipinski definition) is 7. The van der Waals surface area contributed by atoms with Gasteiger partial charge in [0.25, 0.3) is 0 Å². The quantitative estimate of drug-likeness (QED) is 0.192. The lowest BCUT2D eigenvalue weighted by atomic mass is 9.62. The van der Waals surface area contributed by atoms with Crippen LogP contribution in [0.3, 0.4) is 0 Å². The highest BCUT2D eigenvalue weighted by molar-refractivity contribution is 6.08. The highest BCUT2D eigenvalue weighted by atomic mass is 16.4. The molecule has 4 rings (SSSR count). The molecule has 2 fully saturated rings. The van der Waals surface area contributed by atoms with E-state index in [9.17, 15) is 25.0 Å². The van der Waals surface area contributed by atoms with E-state index in [1.807, 2.05) is 45.2 Å². The predicted molar refractivity (Wildman–Crippen MR) is 147 cm³/mol. The van der Waals surface area contributed by atoms with E-state index in [0.717, 1.165) is 5.56 Å². The fourth-order valence-corrected chi connectivity index (χ4v) is 6.19. The fraction of sp³-hybridized carbons (Fsp3) is 0.517. The number of carbonyl (C=O) groups excluding carboxylic acids is 1. The SMILES string of the molecule is CC(C)c1ccc([C@](O)(c2cncc(/C(=N\O)NC(=O)[C@H]3CCN(C(=O)O)C[C@H]3C)c2)C2(C)CN(C)C2)cc1. The van der Waals surface area contributed by atoms with Crippen LogP contribution >= 0.6 is 0 Å². The molecule has 1 aromatic carbocycles. The Bertz CT molecular complexity index is 1240. The summed E-state index contributed by atoms with van der Waals surface area (Å²) in [4.78, 5) is 32.2. The maximum Gasteiger partial charge on any atom is 0.407 e. The standard InChI is InChI=1S/C29H39N5O5/c1-18(2)20-6-8-22(9-7-20)29(38,28(4)16-33(5)17-28)23-12-21(13-30-14-23)25(32-39)31-26(35)24-10-11-34(27(36)37)15-19(24)3/h6-9,12-14,18-19,24,38-39H,10-11,15-17H2,1-5H3,(H,36,37)(H,31,32,35)/t19-,24+,29+/m1/s1. The van der Waals surface area contributed by atoms with Crippen molar-refractivity contribution in [3.8, 4) is 0 Å². The van der Waals surface area contributed by atoms with Crippen molar-refractivity contribution >= 4 is 17.8 Å². The second kappa shape index (κ2) is 10.9. The molecule has 10 nitrogen and oxygen atoms in total. The number of aromatic nitrogens is 1. The Kier molecular flexibility index (Phi) is 7.99. The van der Waals surface area contributed by atoms with Crippen LogP contribution in [0, 0.1) is 17.3 Å². The van der Waals surface area contributed by atoms with Gasteiger partial charge in [0.1, 0.15) is 5.60 Å². The van der Waals surface area contributed by atoms with Gasteiger partial charge in [0.2, 0.25) is 5.91 Å². The average Bonchev–Trinajstić information content (AvgIpc) is 2.90. The molecular weight excluding hydrogens is 498 g/mol. The van der Waals surface area contributed by atoms with Crippen LogP contribution in [0.2, 0.25) is 0 Å². The van der Waals surface area contributed by atoms with Crippen LogP contribution < -0.4 is 5.32 Å². The molecule has 210 valence electrons. The summed E-state index contributed by atoms with van der Waals surface area (Å²) in [6, 6.07) is 9.69. The molecule has 4 N–H and O–H groups in total. The maximum absolute atomic E-state index is 13.1. The summed E-state index contributed by atoms with van der Waals surface area (Å²) in [5.41, 5.74) is 0.908. The molecular formula is C29H39N5O5. The molecule has 2 aliphatic rings. The predicted octanol–water partition coefficient (Wildman–Crippen LogP) is 3.28. The number of carboxylic acid groups (broad SMARTS) is 1. The van der Waals surface area contributed by atoms with Crippen molar-refractivity contribution in [2.45, 2.75) is 45.6 Å². The summed E-state index contributed by atoms with van der Waals surface area (Å²) in [7, 11) is 2.01. The molecule has 0 aliphatic carbocycles. The highest BCUT2D eigenvalue weighted by Crippen LogP contribution is 2.50. The van der Waals surface area contributed by atoms with E-state index in [1.165, 1.54) is 16.7 Å². The van der Waals surface area contributed by atoms with Gasteiger partial charge in [-0.15, -0.1) is 0 Å². The molecule has 3 heterocycles. The van der Waals surface area contributed by atoms with Crippen LogP contribution in [0.4, 0.5) is 4.79 Å². The van der Waals surface area contributed by atoms with Crippen LogP contribution in [0.25, 0.3) is 0 Å². The third-order valence-electron chi connectivity index (χ3n) is 8.39. The van der Waals surface area contributed by atoms with Crippen LogP contribution in [0.5, 0.6) is 0 Å². The molecule has 39 heavy (non-hydrogen) atoms. The number of rotatable bonds is 6. The zero-order valence-electron chi connectivity index (χ0n) is 23.3. The lowest BCUT2D eigenvalue weighted by molar-refractivity contribution is -0.127. The average molecular weight is 538 g/mol. The summed E-state index contributed by atoms with van der Waals surface area (Å²) < 4.78 is 0. The number of aliphatic hydroxyl groups is 1. The van der Waals surface area contributed by atoms with Gasteiger partial charge in [0, 0.05) is 61.0 Å². The second-order valence-electron chi connectivity index (χ2n) is 11.7. The van der Waals surface area contributed by atoms with Crippen molar-refractivity contribution in [3.05, 3.63) is 65.0 Å². The molecule has 0 saturated carbocycles. The topological polar surface area (TPSA) is 139 Å². The summed E-state index contributed by atoms with van der Waals surface area (Å²) in [6.45, 7) is 9.98. The molecule has 2 aliphatic heterocycles. The summed E-state index contributed by atoms with van der Waals surface area (Å²) in [5, 5.41) is 37.6. The number of pyridine rings is 1. The number of benzene rings is 1. The minimum Gasteiger partial charge on any atom is -0.465 e. The van der Waals surface area contributed by atoms with Gasteiger partial charge >= 0.3 is 6.09 Å². The number of amidine groups is 1. The Hall–Kier alpha value is -3.50. The van der Waals surface area contributed by atoms with E-state index in [-0.39, 0.29) is 30.8 Å². The van der Waals surface area contributed by atoms with Crippen molar-refractivity contribution in [1.29, 1.82) is 0 Å². The normalized spacial score (nSPS) is 23.2. The number of amides is 2. The van der Waals surface area contributed by atoms with Crippen LogP contribution in [0.15, 0.2) is 47.9 Å². The van der Waals surface area contributed by atoms with E-state index < -0.39 is 23.0 Å². The number of carbonyl (C=O) groups is 2. The molecule has 3 atom stereocenters. The number of nitrogens with one attached hydrogen (secondary N) is 1. The van der Waals surface area contributed by atoms with E-state index in [0.29, 0.717) is 36.6 Å². The number of hydrogen-bond donors (Lipinski definition) is 4. The Morgan fingerprint density at radius 1 is 1.18 bits per heavy atom. The summed E-state index contributed by atoms with van der Waals surface area (Å²) in [6.07, 6.45) is 2.46. The van der Waals surface area contributed by atoms with E-state index >= 15 is 0 Å². The number of piperidine rings is 1. The Labute approximate surface area is 229 Å². The second-order valence-corrected chi connectivity index (χ2v) is 11.7. The molecule has 0 unspecified atom stereocenters. The summed E-state index contributed by atoms with van der Waals surface area (Å²) in [5.74, 6) is -0.704. The smallest absolute Gasteiger partial charge is 0.407 e. The molecule has 1 aromatic heterocycles. The molecule has 2 aromatic rings. The maximum atomic E-state index is 13.1. The minimum atomic E-state index is -1.39. The first kappa shape index (κ1) is 28.5. The third kappa shape index (κ3) is 5.35. The zero-order valence-corrected chi connectivity index (χ0v) is 23.3. The number of oxime groups is 1. The van der Waals surface area contributed by atoms with Gasteiger partial charge in [-0.25, -0.2) is 4.79 Å². The molecule has 2 saturated heterocycles. The Morgan fingerprint density at radius 3 is 2.38 bits per heavy atom. The van der Waals surface area contributed by atoms with Gasteiger partial charge in [-0.05, 0) is 42.5 Å². The lowest BCUT2D eigenvalue weighted by Gasteiger charge is -2.55. The monoisotopic (exact) mass is 537 g/mol. The first-order valence-corrected chi connectivity index (χ1v) is 13.4. The van der Waals surface area contributed by atoms with Crippen LogP contribution in [0.1, 0.15) is 62.3 Å². The van der Waals surface area contributed by atoms with Gasteiger partial charge in [-0.2, -0.15) is 0 Å². The molecule has 2 amide bonds. The van der Waals surface area contributed by atoms with Gasteiger partial charge in [0.15, 0.2) is 5.84 Å². The van der Waals surface area contributed by atoms with E-state index in [2.05, 4.69) is 34.2 Å². The van der Waals surface area contributed by atoms with Crippen molar-refractivity contribution in [2.75, 3.05) is 33.2 Å². The fourth-order valence-electron chi connectivity index (χ4n) is 6.19. The number of likely N-dealkylation sites (tertiary alicyclic amines) is 2. The zero-order chi connectivity index (χ0) is 28.5. The van der Waals surface area contributed by atoms with E-state index in [4.69, 9.17) is 0 Å². The first-order chi connectivity index (χ1) is 18.4. The first-order valence-electron chi connectivity index (χ1n) is 13.4. The molecule has 10 heteroatoms. The van der Waals surface area contributed by atoms with Crippen molar-refractivity contribution in [2.24, 2.45) is 22.4 Å². The van der Waals surface area contributed by atoms with Crippen LogP contribution in [-0.4, -0.2) is 81.3 Å². The number of nitrogens with zero attached hydrogens (tertiary/aromatic N) is 4. The third-order valence-corrected chi connectivity index (χ3v) is 8.39. The van der Waals surface area contributed by atoms with Crippen molar-refractivity contribution in [1.82, 2.24) is 20.1 Å². The van der Waals surface area contributed by atoms with Gasteiger partial charge in [-0.3, -0.25) is 9.78 Å². The Balaban J connectivity index is 1.63. The molecule has 0 bridgehead atoms. The van der Waals surface area contributed by atoms with Crippen LogP contribution in [-0.2, 0) is 10.4 Å². The molecule has 0 radical (unpaired) electrons. The largest absolute Gasteiger partial charge is 0.465 e. The van der Waals surface area contributed by atoms with Gasteiger partial charge in [-0.1, -0.05) is 57.1 Å².